The molecule has 0 aromatic heterocycles. The topological polar surface area (TPSA) is 55.1 Å². The third kappa shape index (κ3) is 5.08. The van der Waals surface area contributed by atoms with Crippen molar-refractivity contribution in [2.75, 3.05) is 11.1 Å². The summed E-state index contributed by atoms with van der Waals surface area (Å²) in [7, 11) is 0. The number of thioether (sulfide) groups is 1. The van der Waals surface area contributed by atoms with Crippen LogP contribution in [0.5, 0.6) is 0 Å². The monoisotopic (exact) mass is 320 g/mol. The lowest BCUT2D eigenvalue weighted by molar-refractivity contribution is -0.113. The van der Waals surface area contributed by atoms with Crippen LogP contribution in [0.4, 0.5) is 5.69 Å². The number of carbonyl (C=O) groups excluding carboxylic acids is 1. The number of benzene rings is 2. The highest BCUT2D eigenvalue weighted by Crippen LogP contribution is 2.21. The third-order valence-electron chi connectivity index (χ3n) is 2.88. The number of anilines is 1. The van der Waals surface area contributed by atoms with Crippen LogP contribution in [0.1, 0.15) is 11.1 Å². The Bertz CT molecular complexity index is 619. The summed E-state index contributed by atoms with van der Waals surface area (Å²) in [6, 6.07) is 15.3. The number of rotatable bonds is 6. The molecule has 2 rings (SSSR count). The molecule has 0 fully saturated rings. The molecule has 2 aromatic carbocycles. The van der Waals surface area contributed by atoms with Crippen molar-refractivity contribution >= 4 is 35.0 Å². The molecule has 0 aliphatic heterocycles. The van der Waals surface area contributed by atoms with E-state index in [9.17, 15) is 4.79 Å². The first-order valence-electron chi connectivity index (χ1n) is 6.59. The Morgan fingerprint density at radius 2 is 1.90 bits per heavy atom. The predicted molar refractivity (Wildman–Crippen MR) is 90.6 cm³/mol. The number of hydrogen-bond donors (Lipinski definition) is 2. The van der Waals surface area contributed by atoms with Gasteiger partial charge in [-0.1, -0.05) is 48.0 Å². The van der Waals surface area contributed by atoms with Gasteiger partial charge in [-0.15, -0.1) is 11.8 Å². The number of para-hydroxylation sites is 1. The molecule has 3 nitrogen and oxygen atoms in total. The van der Waals surface area contributed by atoms with Crippen LogP contribution in [0.2, 0.25) is 5.02 Å². The van der Waals surface area contributed by atoms with Crippen LogP contribution >= 0.6 is 23.4 Å². The highest BCUT2D eigenvalue weighted by atomic mass is 35.5. The molecule has 0 radical (unpaired) electrons. The Morgan fingerprint density at radius 3 is 2.67 bits per heavy atom. The quantitative estimate of drug-likeness (QED) is 0.853. The molecule has 0 saturated heterocycles. The number of carbonyl (C=O) groups is 1. The minimum atomic E-state index is -0.0527. The smallest absolute Gasteiger partial charge is 0.234 e. The van der Waals surface area contributed by atoms with Crippen LogP contribution in [0, 0.1) is 0 Å². The maximum Gasteiger partial charge on any atom is 0.234 e. The molecular formula is C16H17ClN2OS. The zero-order valence-electron chi connectivity index (χ0n) is 11.5. The first kappa shape index (κ1) is 15.9. The Balaban J connectivity index is 1.80. The van der Waals surface area contributed by atoms with E-state index in [0.29, 0.717) is 23.0 Å². The highest BCUT2D eigenvalue weighted by Gasteiger charge is 2.05. The van der Waals surface area contributed by atoms with Crippen LogP contribution in [0.15, 0.2) is 48.5 Å². The van der Waals surface area contributed by atoms with Crippen molar-refractivity contribution in [2.45, 2.75) is 12.3 Å². The average Bonchev–Trinajstić information content (AvgIpc) is 2.50. The van der Waals surface area contributed by atoms with Crippen LogP contribution in [-0.4, -0.2) is 11.7 Å². The largest absolute Gasteiger partial charge is 0.326 e. The Hall–Kier alpha value is -1.49. The van der Waals surface area contributed by atoms with Crippen molar-refractivity contribution in [2.24, 2.45) is 5.73 Å². The summed E-state index contributed by atoms with van der Waals surface area (Å²) < 4.78 is 0. The van der Waals surface area contributed by atoms with Crippen molar-refractivity contribution in [1.82, 2.24) is 0 Å². The first-order valence-corrected chi connectivity index (χ1v) is 8.12. The van der Waals surface area contributed by atoms with Gasteiger partial charge < -0.3 is 11.1 Å². The zero-order chi connectivity index (χ0) is 15.1. The second kappa shape index (κ2) is 8.08. The van der Waals surface area contributed by atoms with Gasteiger partial charge in [0.2, 0.25) is 5.91 Å². The molecule has 1 amide bonds. The van der Waals surface area contributed by atoms with Gasteiger partial charge in [-0.2, -0.15) is 0 Å². The summed E-state index contributed by atoms with van der Waals surface area (Å²) in [6.07, 6.45) is 0. The van der Waals surface area contributed by atoms with Gasteiger partial charge >= 0.3 is 0 Å². The van der Waals surface area contributed by atoms with Gasteiger partial charge in [-0.25, -0.2) is 0 Å². The van der Waals surface area contributed by atoms with Gasteiger partial charge in [0.15, 0.2) is 0 Å². The van der Waals surface area contributed by atoms with E-state index in [1.165, 1.54) is 5.56 Å². The fourth-order valence-corrected chi connectivity index (χ4v) is 2.81. The predicted octanol–water partition coefficient (Wildman–Crippen LogP) is 3.67. The van der Waals surface area contributed by atoms with E-state index in [4.69, 9.17) is 17.3 Å². The van der Waals surface area contributed by atoms with Gasteiger partial charge in [0, 0.05) is 12.3 Å². The lowest BCUT2D eigenvalue weighted by atomic mass is 10.1. The maximum atomic E-state index is 11.9. The fourth-order valence-electron chi connectivity index (χ4n) is 1.86. The van der Waals surface area contributed by atoms with E-state index < -0.39 is 0 Å². The minimum Gasteiger partial charge on any atom is -0.326 e. The van der Waals surface area contributed by atoms with Gasteiger partial charge in [0.1, 0.15) is 0 Å². The molecule has 0 bridgehead atoms. The number of hydrogen-bond acceptors (Lipinski definition) is 3. The Labute approximate surface area is 133 Å². The minimum absolute atomic E-state index is 0.0527. The first-order chi connectivity index (χ1) is 10.2. The SMILES string of the molecule is NCc1cccc(CSCC(=O)Nc2ccccc2Cl)c1. The van der Waals surface area contributed by atoms with E-state index in [0.717, 1.165) is 11.3 Å². The fraction of sp³-hybridized carbons (Fsp3) is 0.188. The summed E-state index contributed by atoms with van der Waals surface area (Å²) >= 11 is 7.56. The number of amides is 1. The number of nitrogens with two attached hydrogens (primary N) is 1. The molecule has 0 atom stereocenters. The van der Waals surface area contributed by atoms with Crippen molar-refractivity contribution in [3.63, 3.8) is 0 Å². The Morgan fingerprint density at radius 1 is 1.14 bits per heavy atom. The molecule has 0 aliphatic rings. The van der Waals surface area contributed by atoms with Crippen molar-refractivity contribution in [3.8, 4) is 0 Å². The molecule has 0 heterocycles. The molecule has 5 heteroatoms. The second-order valence-corrected chi connectivity index (χ2v) is 5.94. The number of nitrogens with one attached hydrogen (secondary N) is 1. The summed E-state index contributed by atoms with van der Waals surface area (Å²) in [5, 5.41) is 3.35. The van der Waals surface area contributed by atoms with E-state index >= 15 is 0 Å². The molecular weight excluding hydrogens is 304 g/mol. The van der Waals surface area contributed by atoms with Crippen LogP contribution < -0.4 is 11.1 Å². The van der Waals surface area contributed by atoms with E-state index in [1.807, 2.05) is 30.3 Å². The summed E-state index contributed by atoms with van der Waals surface area (Å²) in [5.41, 5.74) is 8.54. The van der Waals surface area contributed by atoms with Crippen molar-refractivity contribution < 1.29 is 4.79 Å². The summed E-state index contributed by atoms with van der Waals surface area (Å²) in [4.78, 5) is 11.9. The van der Waals surface area contributed by atoms with Crippen molar-refractivity contribution in [1.29, 1.82) is 0 Å². The van der Waals surface area contributed by atoms with E-state index in [-0.39, 0.29) is 5.91 Å². The van der Waals surface area contributed by atoms with E-state index in [1.54, 1.807) is 23.9 Å². The maximum absolute atomic E-state index is 11.9. The molecule has 0 unspecified atom stereocenters. The normalized spacial score (nSPS) is 10.4. The number of halogens is 1. The Kier molecular flexibility index (Phi) is 6.11. The molecule has 0 aliphatic carbocycles. The second-order valence-electron chi connectivity index (χ2n) is 4.54. The lowest BCUT2D eigenvalue weighted by Gasteiger charge is -2.07. The molecule has 0 spiro atoms. The van der Waals surface area contributed by atoms with Crippen LogP contribution in [-0.2, 0) is 17.1 Å². The average molecular weight is 321 g/mol. The van der Waals surface area contributed by atoms with Gasteiger partial charge in [0.25, 0.3) is 0 Å². The van der Waals surface area contributed by atoms with Gasteiger partial charge in [-0.05, 0) is 23.3 Å². The zero-order valence-corrected chi connectivity index (χ0v) is 13.1. The van der Waals surface area contributed by atoms with E-state index in [2.05, 4.69) is 11.4 Å². The highest BCUT2D eigenvalue weighted by molar-refractivity contribution is 7.99. The molecule has 0 saturated carbocycles. The van der Waals surface area contributed by atoms with Gasteiger partial charge in [0.05, 0.1) is 16.5 Å². The molecule has 3 N–H and O–H groups in total. The molecule has 21 heavy (non-hydrogen) atoms. The lowest BCUT2D eigenvalue weighted by Crippen LogP contribution is -2.14. The summed E-state index contributed by atoms with van der Waals surface area (Å²) in [6.45, 7) is 0.533. The van der Waals surface area contributed by atoms with Crippen LogP contribution in [0.3, 0.4) is 0 Å². The van der Waals surface area contributed by atoms with Crippen molar-refractivity contribution in [3.05, 3.63) is 64.7 Å². The molecule has 2 aromatic rings. The standard InChI is InChI=1S/C16H17ClN2OS/c17-14-6-1-2-7-15(14)19-16(20)11-21-10-13-5-3-4-12(8-13)9-18/h1-8H,9-11,18H2,(H,19,20). The van der Waals surface area contributed by atoms with Gasteiger partial charge in [-0.3, -0.25) is 4.79 Å². The third-order valence-corrected chi connectivity index (χ3v) is 4.21. The summed E-state index contributed by atoms with van der Waals surface area (Å²) in [5.74, 6) is 1.12. The molecule has 110 valence electrons. The van der Waals surface area contributed by atoms with Crippen LogP contribution in [0.25, 0.3) is 0 Å².